The lowest BCUT2D eigenvalue weighted by Crippen LogP contribution is -2.48. The summed E-state index contributed by atoms with van der Waals surface area (Å²) in [7, 11) is 0. The van der Waals surface area contributed by atoms with Gasteiger partial charge in [0.1, 0.15) is 0 Å². The van der Waals surface area contributed by atoms with Crippen LogP contribution in [0, 0.1) is 20.8 Å². The molecule has 1 N–H and O–H groups in total. The van der Waals surface area contributed by atoms with Gasteiger partial charge in [0.05, 0.1) is 10.6 Å². The summed E-state index contributed by atoms with van der Waals surface area (Å²) in [5.41, 5.74) is 8.48. The largest absolute Gasteiger partial charge is 0.366 e. The van der Waals surface area contributed by atoms with E-state index in [0.717, 1.165) is 30.6 Å². The molecule has 0 aromatic heterocycles. The first-order valence-electron chi connectivity index (χ1n) is 11.9. The summed E-state index contributed by atoms with van der Waals surface area (Å²) < 4.78 is 0. The molecule has 2 aromatic rings. The van der Waals surface area contributed by atoms with Crippen LogP contribution in [0.25, 0.3) is 6.08 Å². The first-order valence-corrected chi connectivity index (χ1v) is 12.7. The first kappa shape index (κ1) is 23.6. The highest BCUT2D eigenvalue weighted by Crippen LogP contribution is 2.45. The SMILES string of the molecule is CCCN1c2cc(C)c(/C=C3/SC(=Nc4ccc(C)c(C)c4)NC3=O)cc2C(C)CC1(C)C. The summed E-state index contributed by atoms with van der Waals surface area (Å²) >= 11 is 1.41. The van der Waals surface area contributed by atoms with E-state index in [4.69, 9.17) is 0 Å². The van der Waals surface area contributed by atoms with Gasteiger partial charge in [-0.3, -0.25) is 4.79 Å². The van der Waals surface area contributed by atoms with Crippen molar-refractivity contribution < 1.29 is 4.79 Å². The van der Waals surface area contributed by atoms with E-state index in [-0.39, 0.29) is 11.4 Å². The average molecular weight is 462 g/mol. The molecule has 0 bridgehead atoms. The van der Waals surface area contributed by atoms with Crippen molar-refractivity contribution in [1.82, 2.24) is 5.32 Å². The Morgan fingerprint density at radius 2 is 1.91 bits per heavy atom. The minimum Gasteiger partial charge on any atom is -0.366 e. The molecule has 2 heterocycles. The normalized spacial score (nSPS) is 22.1. The van der Waals surface area contributed by atoms with Gasteiger partial charge in [-0.25, -0.2) is 4.99 Å². The molecule has 0 saturated carbocycles. The summed E-state index contributed by atoms with van der Waals surface area (Å²) in [6.45, 7) is 16.6. The van der Waals surface area contributed by atoms with Gasteiger partial charge in [-0.05, 0) is 123 Å². The number of anilines is 1. The van der Waals surface area contributed by atoms with E-state index in [1.165, 1.54) is 39.7 Å². The number of amides is 1. The van der Waals surface area contributed by atoms with Gasteiger partial charge in [-0.1, -0.05) is 19.9 Å². The van der Waals surface area contributed by atoms with Crippen LogP contribution in [0.1, 0.15) is 74.3 Å². The van der Waals surface area contributed by atoms with Crippen molar-refractivity contribution in [2.75, 3.05) is 11.4 Å². The Labute approximate surface area is 202 Å². The number of hydrogen-bond acceptors (Lipinski definition) is 4. The van der Waals surface area contributed by atoms with Crippen molar-refractivity contribution in [3.05, 3.63) is 63.1 Å². The van der Waals surface area contributed by atoms with Crippen LogP contribution < -0.4 is 10.2 Å². The third-order valence-corrected chi connectivity index (χ3v) is 7.79. The Balaban J connectivity index is 1.66. The predicted molar refractivity (Wildman–Crippen MR) is 143 cm³/mol. The Bertz CT molecular complexity index is 1160. The van der Waals surface area contributed by atoms with Crippen molar-refractivity contribution in [3.8, 4) is 0 Å². The lowest BCUT2D eigenvalue weighted by molar-refractivity contribution is -0.115. The fourth-order valence-electron chi connectivity index (χ4n) is 4.99. The third-order valence-electron chi connectivity index (χ3n) is 6.88. The summed E-state index contributed by atoms with van der Waals surface area (Å²) in [6.07, 6.45) is 4.28. The number of thioether (sulfide) groups is 1. The number of aryl methyl sites for hydroxylation is 3. The number of aliphatic imine (C=N–C) groups is 1. The molecular formula is C28H35N3OS. The molecule has 4 rings (SSSR count). The average Bonchev–Trinajstić information content (AvgIpc) is 3.07. The van der Waals surface area contributed by atoms with Crippen LogP contribution in [0.2, 0.25) is 0 Å². The molecular weight excluding hydrogens is 426 g/mol. The second kappa shape index (κ2) is 9.02. The molecule has 0 aliphatic carbocycles. The van der Waals surface area contributed by atoms with E-state index in [0.29, 0.717) is 16.0 Å². The van der Waals surface area contributed by atoms with E-state index >= 15 is 0 Å². The molecule has 33 heavy (non-hydrogen) atoms. The van der Waals surface area contributed by atoms with Gasteiger partial charge in [0.25, 0.3) is 5.91 Å². The molecule has 1 saturated heterocycles. The second-order valence-corrected chi connectivity index (χ2v) is 11.1. The molecule has 2 aromatic carbocycles. The fourth-order valence-corrected chi connectivity index (χ4v) is 5.82. The molecule has 0 spiro atoms. The molecule has 1 fully saturated rings. The Kier molecular flexibility index (Phi) is 6.45. The standard InChI is InChI=1S/C28H35N3OS/c1-8-11-31-24-13-19(4)21(14-23(24)20(5)16-28(31,6)7)15-25-26(32)30-27(33-25)29-22-10-9-17(2)18(3)12-22/h9-10,12-15,20H,8,11,16H2,1-7H3,(H,29,30,32)/b25-15+. The maximum absolute atomic E-state index is 12.7. The van der Waals surface area contributed by atoms with Crippen molar-refractivity contribution in [1.29, 1.82) is 0 Å². The maximum atomic E-state index is 12.7. The van der Waals surface area contributed by atoms with Gasteiger partial charge in [-0.15, -0.1) is 0 Å². The predicted octanol–water partition coefficient (Wildman–Crippen LogP) is 7.01. The summed E-state index contributed by atoms with van der Waals surface area (Å²) in [4.78, 5) is 20.6. The van der Waals surface area contributed by atoms with Gasteiger partial charge in [-0.2, -0.15) is 0 Å². The molecule has 1 unspecified atom stereocenters. The van der Waals surface area contributed by atoms with Gasteiger partial charge < -0.3 is 10.2 Å². The van der Waals surface area contributed by atoms with E-state index in [1.807, 2.05) is 12.1 Å². The zero-order valence-corrected chi connectivity index (χ0v) is 21.7. The van der Waals surface area contributed by atoms with Crippen LogP contribution in [0.15, 0.2) is 40.2 Å². The summed E-state index contributed by atoms with van der Waals surface area (Å²) in [6, 6.07) is 10.7. The number of nitrogens with zero attached hydrogens (tertiary/aromatic N) is 2. The Hall–Kier alpha value is -2.53. The van der Waals surface area contributed by atoms with Crippen molar-refractivity contribution in [2.45, 2.75) is 72.8 Å². The second-order valence-electron chi connectivity index (χ2n) is 10.1. The number of rotatable bonds is 4. The van der Waals surface area contributed by atoms with Crippen LogP contribution in [0.4, 0.5) is 11.4 Å². The van der Waals surface area contributed by atoms with Crippen LogP contribution in [-0.4, -0.2) is 23.2 Å². The van der Waals surface area contributed by atoms with Crippen molar-refractivity contribution in [2.24, 2.45) is 4.99 Å². The summed E-state index contributed by atoms with van der Waals surface area (Å²) in [5.74, 6) is 0.398. The van der Waals surface area contributed by atoms with E-state index in [1.54, 1.807) is 0 Å². The molecule has 2 aliphatic heterocycles. The Morgan fingerprint density at radius 1 is 1.15 bits per heavy atom. The highest BCUT2D eigenvalue weighted by Gasteiger charge is 2.36. The van der Waals surface area contributed by atoms with Crippen LogP contribution in [0.3, 0.4) is 0 Å². The van der Waals surface area contributed by atoms with Crippen LogP contribution in [-0.2, 0) is 4.79 Å². The highest BCUT2D eigenvalue weighted by atomic mass is 32.2. The molecule has 5 heteroatoms. The lowest BCUT2D eigenvalue weighted by Gasteiger charge is -2.48. The Morgan fingerprint density at radius 3 is 2.61 bits per heavy atom. The minimum absolute atomic E-state index is 0.0819. The van der Waals surface area contributed by atoms with Gasteiger partial charge in [0.15, 0.2) is 5.17 Å². The quantitative estimate of drug-likeness (QED) is 0.498. The molecule has 4 nitrogen and oxygen atoms in total. The monoisotopic (exact) mass is 461 g/mol. The zero-order chi connectivity index (χ0) is 23.9. The fraction of sp³-hybridized carbons (Fsp3) is 0.429. The van der Waals surface area contributed by atoms with E-state index in [2.05, 4.69) is 87.9 Å². The minimum atomic E-state index is -0.0819. The number of fused-ring (bicyclic) bond motifs is 1. The highest BCUT2D eigenvalue weighted by molar-refractivity contribution is 8.18. The topological polar surface area (TPSA) is 44.7 Å². The lowest BCUT2D eigenvalue weighted by atomic mass is 9.79. The number of amidine groups is 1. The van der Waals surface area contributed by atoms with Crippen LogP contribution >= 0.6 is 11.8 Å². The zero-order valence-electron chi connectivity index (χ0n) is 20.9. The van der Waals surface area contributed by atoms with Gasteiger partial charge in [0, 0.05) is 17.8 Å². The smallest absolute Gasteiger partial charge is 0.264 e. The maximum Gasteiger partial charge on any atom is 0.264 e. The van der Waals surface area contributed by atoms with Crippen LogP contribution in [0.5, 0.6) is 0 Å². The van der Waals surface area contributed by atoms with Gasteiger partial charge in [0.2, 0.25) is 0 Å². The number of nitrogens with one attached hydrogen (secondary N) is 1. The van der Waals surface area contributed by atoms with E-state index in [9.17, 15) is 4.79 Å². The van der Waals surface area contributed by atoms with E-state index < -0.39 is 0 Å². The van der Waals surface area contributed by atoms with Crippen molar-refractivity contribution in [3.63, 3.8) is 0 Å². The first-order chi connectivity index (χ1) is 15.6. The molecule has 2 aliphatic rings. The molecule has 174 valence electrons. The molecule has 0 radical (unpaired) electrons. The van der Waals surface area contributed by atoms with Gasteiger partial charge >= 0.3 is 0 Å². The number of hydrogen-bond donors (Lipinski definition) is 1. The number of carbonyl (C=O) groups excluding carboxylic acids is 1. The van der Waals surface area contributed by atoms with Crippen molar-refractivity contribution >= 4 is 40.3 Å². The number of benzene rings is 2. The summed E-state index contributed by atoms with van der Waals surface area (Å²) in [5, 5.41) is 3.56. The number of carbonyl (C=O) groups is 1. The molecule has 1 atom stereocenters. The third kappa shape index (κ3) is 4.74. The molecule has 1 amide bonds.